The third kappa shape index (κ3) is 29.6. The Morgan fingerprint density at radius 1 is 0.608 bits per heavy atom. The molecule has 24 nitrogen and oxygen atoms in total. The zero-order valence-corrected chi connectivity index (χ0v) is 48.6. The number of ether oxygens (including phenoxy) is 11. The fourth-order valence-electron chi connectivity index (χ4n) is 8.95. The van der Waals surface area contributed by atoms with Gasteiger partial charge in [0, 0.05) is 39.5 Å². The molecule has 9 atom stereocenters. The number of hydrogen-bond acceptors (Lipinski definition) is 22. The van der Waals surface area contributed by atoms with Crippen molar-refractivity contribution in [3.63, 3.8) is 0 Å². The van der Waals surface area contributed by atoms with Crippen molar-refractivity contribution in [2.24, 2.45) is 44.0 Å². The van der Waals surface area contributed by atoms with Crippen LogP contribution in [0.5, 0.6) is 0 Å². The number of ketones is 2. The molecule has 5 unspecified atom stereocenters. The molecule has 1 heterocycles. The lowest BCUT2D eigenvalue weighted by atomic mass is 9.93. The second-order valence-electron chi connectivity index (χ2n) is 20.1. The summed E-state index contributed by atoms with van der Waals surface area (Å²) in [7, 11) is 1.59. The van der Waals surface area contributed by atoms with Crippen LogP contribution in [0.25, 0.3) is 0 Å². The number of aliphatic imine (C=N–C) groups is 2. The van der Waals surface area contributed by atoms with Crippen LogP contribution in [0.2, 0.25) is 0 Å². The fraction of sp³-hybridized carbons (Fsp3) is 0.855. The van der Waals surface area contributed by atoms with E-state index >= 15 is 0 Å². The van der Waals surface area contributed by atoms with Gasteiger partial charge < -0.3 is 62.7 Å². The highest BCUT2D eigenvalue weighted by molar-refractivity contribution is 6.41. The minimum atomic E-state index is -0.932. The topological polar surface area (TPSA) is 281 Å². The molecular formula is C55H95N7O17. The number of alkyl carbamates (subject to hydrolysis) is 1. The third-order valence-corrected chi connectivity index (χ3v) is 13.8. The summed E-state index contributed by atoms with van der Waals surface area (Å²) in [4.78, 5) is 83.6. The molecular weight excluding hydrogens is 1030 g/mol. The molecule has 1 aliphatic heterocycles. The zero-order chi connectivity index (χ0) is 57.6. The number of rotatable bonds is 46. The van der Waals surface area contributed by atoms with Crippen LogP contribution in [0.15, 0.2) is 20.3 Å². The van der Waals surface area contributed by atoms with Crippen molar-refractivity contribution in [1.29, 1.82) is 0 Å². The maximum atomic E-state index is 12.9. The molecule has 2 saturated carbocycles. The van der Waals surface area contributed by atoms with Crippen molar-refractivity contribution in [1.82, 2.24) is 15.6 Å². The van der Waals surface area contributed by atoms with Gasteiger partial charge in [0.1, 0.15) is 37.1 Å². The maximum Gasteiger partial charge on any atom is 0.407 e. The highest BCUT2D eigenvalue weighted by atomic mass is 16.6. The molecule has 2 fully saturated rings. The summed E-state index contributed by atoms with van der Waals surface area (Å²) < 4.78 is 59.7. The molecule has 2 amide bonds. The van der Waals surface area contributed by atoms with E-state index in [2.05, 4.69) is 42.9 Å². The lowest BCUT2D eigenvalue weighted by molar-refractivity contribution is -0.151. The molecule has 3 aliphatic rings. The first-order valence-electron chi connectivity index (χ1n) is 28.5. The lowest BCUT2D eigenvalue weighted by Gasteiger charge is -2.27. The van der Waals surface area contributed by atoms with Gasteiger partial charge in [-0.2, -0.15) is 5.11 Å². The van der Waals surface area contributed by atoms with Crippen molar-refractivity contribution in [3.8, 4) is 0 Å². The Balaban J connectivity index is 1.15. The molecule has 0 aromatic carbocycles. The Labute approximate surface area is 468 Å². The first-order chi connectivity index (χ1) is 38.2. The lowest BCUT2D eigenvalue weighted by Crippen LogP contribution is -2.43. The Morgan fingerprint density at radius 3 is 1.76 bits per heavy atom. The van der Waals surface area contributed by atoms with Gasteiger partial charge in [0.15, 0.2) is 5.78 Å². The van der Waals surface area contributed by atoms with Crippen molar-refractivity contribution < 1.29 is 80.9 Å². The third-order valence-electron chi connectivity index (χ3n) is 13.8. The van der Waals surface area contributed by atoms with Gasteiger partial charge in [-0.25, -0.2) is 9.59 Å². The van der Waals surface area contributed by atoms with Crippen LogP contribution in [0.1, 0.15) is 113 Å². The monoisotopic (exact) mass is 1130 g/mol. The minimum absolute atomic E-state index is 0.00461. The summed E-state index contributed by atoms with van der Waals surface area (Å²) in [6, 6.07) is -2.14. The quantitative estimate of drug-likeness (QED) is 0.0360. The number of unbranched alkanes of at least 4 members (excludes halogenated alkanes) is 1. The van der Waals surface area contributed by atoms with Crippen LogP contribution in [0.3, 0.4) is 0 Å². The van der Waals surface area contributed by atoms with Crippen LogP contribution in [-0.2, 0) is 76.1 Å². The zero-order valence-electron chi connectivity index (χ0n) is 48.6. The molecule has 79 heavy (non-hydrogen) atoms. The van der Waals surface area contributed by atoms with E-state index in [-0.39, 0.29) is 50.7 Å². The summed E-state index contributed by atoms with van der Waals surface area (Å²) in [5.41, 5.74) is 0.894. The molecule has 3 rings (SSSR count). The van der Waals surface area contributed by atoms with Crippen molar-refractivity contribution >= 4 is 46.9 Å². The molecule has 24 heteroatoms. The van der Waals surface area contributed by atoms with Gasteiger partial charge in [-0.3, -0.25) is 34.2 Å². The molecule has 2 aliphatic carbocycles. The molecule has 452 valence electrons. The first-order valence-corrected chi connectivity index (χ1v) is 28.5. The number of fused-ring (bicyclic) bond motifs is 2. The molecule has 0 saturated heterocycles. The van der Waals surface area contributed by atoms with Gasteiger partial charge in [0.05, 0.1) is 135 Å². The molecule has 0 aromatic rings. The number of esters is 2. The van der Waals surface area contributed by atoms with Crippen LogP contribution in [0.4, 0.5) is 4.79 Å². The standard InChI is InChI=1S/C55H95N7O17/c1-9-10-12-45(63)13-11-20-70-25-26-71-21-18-56-55(68)79-38-48-46-14-16-49-50(17-15-47(46)48)62(61-60-49)19-22-72-27-28-74-30-32-76-34-36-78-54(67)44(7)59-52(65)43(6)58-41(4)40(3)57-42(5)51(64)37-39(2)53(66)77-35-33-75-31-29-73-24-23-69-8/h39,42-44,46-50H,9-38H2,1-8H3,(H,56,68)(H,59,65)/t39-,42-,43-,44+,46?,47?,48?,49?,50?/m0/s1. The largest absolute Gasteiger partial charge is 0.463 e. The van der Waals surface area contributed by atoms with E-state index in [4.69, 9.17) is 52.1 Å². The smallest absolute Gasteiger partial charge is 0.407 e. The van der Waals surface area contributed by atoms with Crippen molar-refractivity contribution in [2.75, 3.05) is 139 Å². The van der Waals surface area contributed by atoms with Crippen LogP contribution in [-0.4, -0.2) is 221 Å². The summed E-state index contributed by atoms with van der Waals surface area (Å²) in [6.07, 6.45) is 7.47. The van der Waals surface area contributed by atoms with Crippen LogP contribution >= 0.6 is 0 Å². The minimum Gasteiger partial charge on any atom is -0.463 e. The second kappa shape index (κ2) is 41.4. The predicted molar refractivity (Wildman–Crippen MR) is 292 cm³/mol. The number of amides is 2. The van der Waals surface area contributed by atoms with E-state index < -0.39 is 48.0 Å². The van der Waals surface area contributed by atoms with E-state index in [0.29, 0.717) is 153 Å². The van der Waals surface area contributed by atoms with Crippen LogP contribution < -0.4 is 10.6 Å². The van der Waals surface area contributed by atoms with Gasteiger partial charge in [0.2, 0.25) is 5.91 Å². The summed E-state index contributed by atoms with van der Waals surface area (Å²) in [6.45, 7) is 19.1. The summed E-state index contributed by atoms with van der Waals surface area (Å²) in [5, 5.41) is 16.5. The molecule has 0 radical (unpaired) electrons. The second-order valence-corrected chi connectivity index (χ2v) is 20.1. The average molecular weight is 1130 g/mol. The van der Waals surface area contributed by atoms with Gasteiger partial charge in [0.25, 0.3) is 0 Å². The number of methoxy groups -OCH3 is 1. The highest BCUT2D eigenvalue weighted by Gasteiger charge is 2.52. The van der Waals surface area contributed by atoms with E-state index in [0.717, 1.165) is 44.9 Å². The number of nitrogens with one attached hydrogen (secondary N) is 2. The number of nitrogens with zero attached hydrogens (tertiary/aromatic N) is 5. The van der Waals surface area contributed by atoms with Crippen LogP contribution in [0, 0.1) is 23.7 Å². The average Bonchev–Trinajstić information content (AvgIpc) is 4.14. The number of Topliss-reactive ketones (excluding diaryl/α,β-unsaturated/α-hetero) is 2. The van der Waals surface area contributed by atoms with Gasteiger partial charge in [-0.15, -0.1) is 0 Å². The number of carbonyl (C=O) groups excluding carboxylic acids is 6. The molecule has 0 aromatic heterocycles. The Kier molecular flexibility index (Phi) is 36.0. The van der Waals surface area contributed by atoms with Crippen molar-refractivity contribution in [3.05, 3.63) is 0 Å². The van der Waals surface area contributed by atoms with Gasteiger partial charge >= 0.3 is 18.0 Å². The number of carbonyl (C=O) groups is 6. The van der Waals surface area contributed by atoms with E-state index in [1.807, 2.05) is 0 Å². The summed E-state index contributed by atoms with van der Waals surface area (Å²) >= 11 is 0. The summed E-state index contributed by atoms with van der Waals surface area (Å²) in [5.74, 6) is -0.779. The normalized spacial score (nSPS) is 20.5. The fourth-order valence-corrected chi connectivity index (χ4v) is 8.95. The maximum absolute atomic E-state index is 12.9. The van der Waals surface area contributed by atoms with Gasteiger partial charge in [-0.05, 0) is 90.9 Å². The Hall–Kier alpha value is -4.56. The van der Waals surface area contributed by atoms with Gasteiger partial charge in [-0.1, -0.05) is 25.5 Å². The highest BCUT2D eigenvalue weighted by Crippen LogP contribution is 2.54. The van der Waals surface area contributed by atoms with E-state index in [9.17, 15) is 28.8 Å². The first kappa shape index (κ1) is 68.7. The molecule has 0 bridgehead atoms. The SMILES string of the molecule is CCCCC(=O)CCCOCCOCCNC(=O)OCC1C2CCC3N=NN(CCOCCOCCOCCOC(=O)[C@@H](C)NC(=O)[C@H](C)N=C(C)C(C)=N[C@@H](C)C(=O)C[C@H](C)C(=O)OCCOCCOCCOC)C3CCC21. The van der Waals surface area contributed by atoms with Crippen molar-refractivity contribution in [2.45, 2.75) is 143 Å². The number of hydrogen-bond donors (Lipinski definition) is 2. The Morgan fingerprint density at radius 2 is 1.14 bits per heavy atom. The molecule has 0 spiro atoms. The Bertz CT molecular complexity index is 1880. The predicted octanol–water partition coefficient (Wildman–Crippen LogP) is 4.76. The van der Waals surface area contributed by atoms with E-state index in [1.54, 1.807) is 41.7 Å². The molecule has 2 N–H and O–H groups in total. The van der Waals surface area contributed by atoms with E-state index in [1.165, 1.54) is 6.92 Å².